The van der Waals surface area contributed by atoms with E-state index in [1.165, 1.54) is 0 Å². The molecule has 112 valence electrons. The van der Waals surface area contributed by atoms with Gasteiger partial charge in [-0.25, -0.2) is 0 Å². The van der Waals surface area contributed by atoms with Gasteiger partial charge in [-0.05, 0) is 39.8 Å². The minimum absolute atomic E-state index is 0.0250. The van der Waals surface area contributed by atoms with E-state index >= 15 is 0 Å². The average Bonchev–Trinajstić information content (AvgIpc) is 2.35. The summed E-state index contributed by atoms with van der Waals surface area (Å²) in [4.78, 5) is 11.5. The van der Waals surface area contributed by atoms with Crippen LogP contribution in [0.2, 0.25) is 5.02 Å². The summed E-state index contributed by atoms with van der Waals surface area (Å²) >= 11 is 6.23. The van der Waals surface area contributed by atoms with E-state index in [0.717, 1.165) is 5.56 Å². The van der Waals surface area contributed by atoms with Gasteiger partial charge in [0.1, 0.15) is 5.75 Å². The highest BCUT2D eigenvalue weighted by molar-refractivity contribution is 6.31. The normalized spacial score (nSPS) is 12.9. The molecule has 0 radical (unpaired) electrons. The van der Waals surface area contributed by atoms with Crippen molar-refractivity contribution >= 4 is 17.5 Å². The Labute approximate surface area is 125 Å². The Morgan fingerprint density at radius 2 is 2.05 bits per heavy atom. The molecule has 0 aliphatic carbocycles. The molecule has 0 aliphatic rings. The van der Waals surface area contributed by atoms with E-state index in [-0.39, 0.29) is 11.4 Å². The van der Waals surface area contributed by atoms with Gasteiger partial charge in [-0.15, -0.1) is 0 Å². The van der Waals surface area contributed by atoms with E-state index in [0.29, 0.717) is 17.3 Å². The summed E-state index contributed by atoms with van der Waals surface area (Å²) in [6, 6.07) is 5.46. The molecule has 5 heteroatoms. The third kappa shape index (κ3) is 5.02. The number of hydrogen-bond donors (Lipinski definition) is 2. The molecular formula is C15H23ClN2O2. The maximum atomic E-state index is 11.5. The van der Waals surface area contributed by atoms with Gasteiger partial charge in [0.15, 0.2) is 6.10 Å². The zero-order chi connectivity index (χ0) is 15.3. The molecule has 0 fully saturated rings. The number of halogens is 1. The minimum Gasteiger partial charge on any atom is -0.481 e. The van der Waals surface area contributed by atoms with Gasteiger partial charge in [-0.1, -0.05) is 17.7 Å². The summed E-state index contributed by atoms with van der Waals surface area (Å²) in [7, 11) is 1.59. The van der Waals surface area contributed by atoms with Crippen molar-refractivity contribution in [1.82, 2.24) is 10.6 Å². The number of rotatable bonds is 5. The van der Waals surface area contributed by atoms with Gasteiger partial charge in [0.05, 0.1) is 0 Å². The first-order valence-corrected chi connectivity index (χ1v) is 7.03. The molecule has 1 atom stereocenters. The number of carbonyl (C=O) groups is 1. The molecule has 0 saturated carbocycles. The highest BCUT2D eigenvalue weighted by Crippen LogP contribution is 2.27. The summed E-state index contributed by atoms with van der Waals surface area (Å²) in [6.07, 6.45) is -0.563. The van der Waals surface area contributed by atoms with E-state index in [1.807, 2.05) is 18.2 Å². The predicted molar refractivity (Wildman–Crippen MR) is 82.2 cm³/mol. The van der Waals surface area contributed by atoms with Crippen LogP contribution in [0.5, 0.6) is 5.75 Å². The standard InChI is InChI=1S/C15H23ClN2O2/c1-10(14(19)17-5)20-13-8-6-7-12(16)11(13)9-18-15(2,3)4/h6-8,10,18H,9H2,1-5H3,(H,17,19). The van der Waals surface area contributed by atoms with Crippen LogP contribution in [-0.4, -0.2) is 24.6 Å². The summed E-state index contributed by atoms with van der Waals surface area (Å²) in [5, 5.41) is 6.56. The number of carbonyl (C=O) groups excluding carboxylic acids is 1. The number of hydrogen-bond acceptors (Lipinski definition) is 3. The Morgan fingerprint density at radius 1 is 1.40 bits per heavy atom. The first-order chi connectivity index (χ1) is 9.24. The fraction of sp³-hybridized carbons (Fsp3) is 0.533. The molecular weight excluding hydrogens is 276 g/mol. The number of amides is 1. The second-order valence-corrected chi connectivity index (χ2v) is 6.10. The Balaban J connectivity index is 2.90. The molecule has 0 aliphatic heterocycles. The van der Waals surface area contributed by atoms with Crippen molar-refractivity contribution in [2.45, 2.75) is 45.9 Å². The zero-order valence-electron chi connectivity index (χ0n) is 12.7. The van der Waals surface area contributed by atoms with Crippen LogP contribution < -0.4 is 15.4 Å². The molecule has 1 unspecified atom stereocenters. The third-order valence-electron chi connectivity index (χ3n) is 2.79. The second kappa shape index (κ2) is 6.95. The van der Waals surface area contributed by atoms with Crippen LogP contribution in [0.25, 0.3) is 0 Å². The minimum atomic E-state index is -0.563. The summed E-state index contributed by atoms with van der Waals surface area (Å²) in [5.74, 6) is 0.463. The van der Waals surface area contributed by atoms with Gasteiger partial charge < -0.3 is 15.4 Å². The van der Waals surface area contributed by atoms with Crippen LogP contribution in [0, 0.1) is 0 Å². The van der Waals surface area contributed by atoms with Crippen molar-refractivity contribution in [3.63, 3.8) is 0 Å². The lowest BCUT2D eigenvalue weighted by molar-refractivity contribution is -0.126. The fourth-order valence-corrected chi connectivity index (χ4v) is 1.85. The highest BCUT2D eigenvalue weighted by Gasteiger charge is 2.17. The van der Waals surface area contributed by atoms with Crippen molar-refractivity contribution in [1.29, 1.82) is 0 Å². The van der Waals surface area contributed by atoms with E-state index in [4.69, 9.17) is 16.3 Å². The predicted octanol–water partition coefficient (Wildman–Crippen LogP) is 2.74. The maximum absolute atomic E-state index is 11.5. The molecule has 20 heavy (non-hydrogen) atoms. The van der Waals surface area contributed by atoms with E-state index in [2.05, 4.69) is 31.4 Å². The number of ether oxygens (including phenoxy) is 1. The van der Waals surface area contributed by atoms with E-state index < -0.39 is 6.10 Å². The first-order valence-electron chi connectivity index (χ1n) is 6.65. The van der Waals surface area contributed by atoms with Crippen LogP contribution in [0.15, 0.2) is 18.2 Å². The van der Waals surface area contributed by atoms with Gasteiger partial charge in [-0.2, -0.15) is 0 Å². The Hall–Kier alpha value is -1.26. The van der Waals surface area contributed by atoms with Gasteiger partial charge in [0, 0.05) is 29.7 Å². The quantitative estimate of drug-likeness (QED) is 0.879. The van der Waals surface area contributed by atoms with Gasteiger partial charge in [0.2, 0.25) is 0 Å². The van der Waals surface area contributed by atoms with Crippen LogP contribution >= 0.6 is 11.6 Å². The molecule has 1 aromatic rings. The second-order valence-electron chi connectivity index (χ2n) is 5.69. The van der Waals surface area contributed by atoms with Crippen LogP contribution in [0.4, 0.5) is 0 Å². The summed E-state index contributed by atoms with van der Waals surface area (Å²) in [5.41, 5.74) is 0.836. The SMILES string of the molecule is CNC(=O)C(C)Oc1cccc(Cl)c1CNC(C)(C)C. The van der Waals surface area contributed by atoms with Gasteiger partial charge >= 0.3 is 0 Å². The van der Waals surface area contributed by atoms with Crippen molar-refractivity contribution in [2.24, 2.45) is 0 Å². The lowest BCUT2D eigenvalue weighted by Crippen LogP contribution is -2.36. The lowest BCUT2D eigenvalue weighted by atomic mass is 10.1. The maximum Gasteiger partial charge on any atom is 0.260 e. The molecule has 0 bridgehead atoms. The Bertz CT molecular complexity index is 469. The van der Waals surface area contributed by atoms with E-state index in [9.17, 15) is 4.79 Å². The van der Waals surface area contributed by atoms with Crippen molar-refractivity contribution in [2.75, 3.05) is 7.05 Å². The Kier molecular flexibility index (Phi) is 5.84. The van der Waals surface area contributed by atoms with Crippen LogP contribution in [0.3, 0.4) is 0 Å². The summed E-state index contributed by atoms with van der Waals surface area (Å²) in [6.45, 7) is 8.53. The molecule has 1 rings (SSSR count). The molecule has 0 saturated heterocycles. The van der Waals surface area contributed by atoms with Crippen LogP contribution in [-0.2, 0) is 11.3 Å². The largest absolute Gasteiger partial charge is 0.481 e. The van der Waals surface area contributed by atoms with Gasteiger partial charge in [0.25, 0.3) is 5.91 Å². The third-order valence-corrected chi connectivity index (χ3v) is 3.14. The molecule has 1 aromatic carbocycles. The monoisotopic (exact) mass is 298 g/mol. The zero-order valence-corrected chi connectivity index (χ0v) is 13.5. The number of nitrogens with one attached hydrogen (secondary N) is 2. The molecule has 1 amide bonds. The smallest absolute Gasteiger partial charge is 0.260 e. The topological polar surface area (TPSA) is 50.4 Å². The Morgan fingerprint density at radius 3 is 2.60 bits per heavy atom. The molecule has 4 nitrogen and oxygen atoms in total. The molecule has 0 heterocycles. The molecule has 0 spiro atoms. The highest BCUT2D eigenvalue weighted by atomic mass is 35.5. The number of benzene rings is 1. The molecule has 2 N–H and O–H groups in total. The fourth-order valence-electron chi connectivity index (χ4n) is 1.62. The van der Waals surface area contributed by atoms with Crippen molar-refractivity contribution in [3.05, 3.63) is 28.8 Å². The first kappa shape index (κ1) is 16.8. The van der Waals surface area contributed by atoms with Crippen molar-refractivity contribution in [3.8, 4) is 5.75 Å². The van der Waals surface area contributed by atoms with Crippen molar-refractivity contribution < 1.29 is 9.53 Å². The lowest BCUT2D eigenvalue weighted by Gasteiger charge is -2.23. The van der Waals surface area contributed by atoms with E-state index in [1.54, 1.807) is 14.0 Å². The molecule has 0 aromatic heterocycles. The summed E-state index contributed by atoms with van der Waals surface area (Å²) < 4.78 is 5.71. The average molecular weight is 299 g/mol. The van der Waals surface area contributed by atoms with Crippen LogP contribution in [0.1, 0.15) is 33.3 Å². The van der Waals surface area contributed by atoms with Gasteiger partial charge in [-0.3, -0.25) is 4.79 Å². The number of likely N-dealkylation sites (N-methyl/N-ethyl adjacent to an activating group) is 1.